The molecule has 0 saturated carbocycles. The Morgan fingerprint density at radius 2 is 1.84 bits per heavy atom. The molecule has 132 valence electrons. The number of benzene rings is 2. The van der Waals surface area contributed by atoms with Gasteiger partial charge in [0.2, 0.25) is 0 Å². The number of rotatable bonds is 6. The molecule has 4 nitrogen and oxygen atoms in total. The lowest BCUT2D eigenvalue weighted by molar-refractivity contribution is -0.146. The van der Waals surface area contributed by atoms with E-state index in [2.05, 4.69) is 17.0 Å². The maximum atomic E-state index is 11.8. The Hall–Kier alpha value is -2.33. The third kappa shape index (κ3) is 4.40. The fraction of sp³-hybridized carbons (Fsp3) is 0.381. The van der Waals surface area contributed by atoms with E-state index >= 15 is 0 Å². The van der Waals surface area contributed by atoms with Gasteiger partial charge in [0, 0.05) is 12.6 Å². The minimum atomic E-state index is -0.684. The van der Waals surface area contributed by atoms with Gasteiger partial charge in [0.1, 0.15) is 5.75 Å². The van der Waals surface area contributed by atoms with Gasteiger partial charge in [0.15, 0.2) is 0 Å². The molecule has 1 aliphatic heterocycles. The van der Waals surface area contributed by atoms with Crippen molar-refractivity contribution in [3.63, 3.8) is 0 Å². The zero-order valence-corrected chi connectivity index (χ0v) is 14.6. The molecule has 0 amide bonds. The summed E-state index contributed by atoms with van der Waals surface area (Å²) < 4.78 is 5.21. The predicted octanol–water partition coefficient (Wildman–Crippen LogP) is 3.60. The van der Waals surface area contributed by atoms with E-state index in [4.69, 9.17) is 4.74 Å². The van der Waals surface area contributed by atoms with Crippen molar-refractivity contribution in [3.8, 4) is 5.75 Å². The molecule has 2 aromatic rings. The van der Waals surface area contributed by atoms with Crippen LogP contribution in [0.1, 0.15) is 24.0 Å². The van der Waals surface area contributed by atoms with Crippen LogP contribution in [0.25, 0.3) is 0 Å². The Balaban J connectivity index is 1.80. The SMILES string of the molecule is COc1ccc(CC2C(C(=O)O)CCCN2Cc2ccccc2)cc1. The van der Waals surface area contributed by atoms with E-state index in [1.54, 1.807) is 7.11 Å². The summed E-state index contributed by atoms with van der Waals surface area (Å²) in [5.74, 6) is -0.181. The minimum Gasteiger partial charge on any atom is -0.497 e. The number of carboxylic acid groups (broad SMARTS) is 1. The van der Waals surface area contributed by atoms with Gasteiger partial charge >= 0.3 is 5.97 Å². The van der Waals surface area contributed by atoms with Crippen molar-refractivity contribution in [2.45, 2.75) is 31.8 Å². The summed E-state index contributed by atoms with van der Waals surface area (Å²) in [4.78, 5) is 14.1. The average Bonchev–Trinajstić information content (AvgIpc) is 2.64. The Morgan fingerprint density at radius 3 is 2.48 bits per heavy atom. The van der Waals surface area contributed by atoms with Crippen molar-refractivity contribution in [2.24, 2.45) is 5.92 Å². The van der Waals surface area contributed by atoms with Gasteiger partial charge in [0.05, 0.1) is 13.0 Å². The number of carboxylic acids is 1. The van der Waals surface area contributed by atoms with Crippen molar-refractivity contribution in [1.29, 1.82) is 0 Å². The third-order valence-electron chi connectivity index (χ3n) is 5.04. The van der Waals surface area contributed by atoms with Crippen LogP contribution in [0.15, 0.2) is 54.6 Å². The second-order valence-corrected chi connectivity index (χ2v) is 6.66. The van der Waals surface area contributed by atoms with E-state index in [-0.39, 0.29) is 12.0 Å². The van der Waals surface area contributed by atoms with Crippen molar-refractivity contribution in [3.05, 3.63) is 65.7 Å². The molecular formula is C21H25NO3. The molecule has 2 unspecified atom stereocenters. The molecule has 25 heavy (non-hydrogen) atoms. The highest BCUT2D eigenvalue weighted by Crippen LogP contribution is 2.29. The van der Waals surface area contributed by atoms with E-state index in [1.165, 1.54) is 5.56 Å². The maximum Gasteiger partial charge on any atom is 0.308 e. The largest absolute Gasteiger partial charge is 0.497 e. The fourth-order valence-corrected chi connectivity index (χ4v) is 3.70. The van der Waals surface area contributed by atoms with Gasteiger partial charge in [-0.3, -0.25) is 9.69 Å². The molecule has 4 heteroatoms. The number of methoxy groups -OCH3 is 1. The second kappa shape index (κ2) is 8.17. The van der Waals surface area contributed by atoms with E-state index in [0.717, 1.165) is 43.7 Å². The molecule has 0 aliphatic carbocycles. The van der Waals surface area contributed by atoms with Crippen LogP contribution in [0, 0.1) is 5.92 Å². The van der Waals surface area contributed by atoms with Crippen LogP contribution in [-0.4, -0.2) is 35.7 Å². The summed E-state index contributed by atoms with van der Waals surface area (Å²) >= 11 is 0. The summed E-state index contributed by atoms with van der Waals surface area (Å²) in [6, 6.07) is 18.3. The van der Waals surface area contributed by atoms with Crippen molar-refractivity contribution in [1.82, 2.24) is 4.90 Å². The number of hydrogen-bond acceptors (Lipinski definition) is 3. The monoisotopic (exact) mass is 339 g/mol. The molecule has 0 aromatic heterocycles. The first kappa shape index (κ1) is 17.5. The summed E-state index contributed by atoms with van der Waals surface area (Å²) in [6.07, 6.45) is 2.43. The average molecular weight is 339 g/mol. The lowest BCUT2D eigenvalue weighted by atomic mass is 9.85. The Kier molecular flexibility index (Phi) is 5.71. The van der Waals surface area contributed by atoms with Crippen molar-refractivity contribution in [2.75, 3.05) is 13.7 Å². The minimum absolute atomic E-state index is 0.0138. The van der Waals surface area contributed by atoms with Crippen molar-refractivity contribution < 1.29 is 14.6 Å². The van der Waals surface area contributed by atoms with Crippen LogP contribution >= 0.6 is 0 Å². The van der Waals surface area contributed by atoms with Crippen molar-refractivity contribution >= 4 is 5.97 Å². The van der Waals surface area contributed by atoms with Crippen LogP contribution < -0.4 is 4.74 Å². The third-order valence-corrected chi connectivity index (χ3v) is 5.04. The molecular weight excluding hydrogens is 314 g/mol. The van der Waals surface area contributed by atoms with Crippen LogP contribution in [0.4, 0.5) is 0 Å². The lowest BCUT2D eigenvalue weighted by Crippen LogP contribution is -2.48. The fourth-order valence-electron chi connectivity index (χ4n) is 3.70. The molecule has 0 spiro atoms. The number of piperidine rings is 1. The van der Waals surface area contributed by atoms with Gasteiger partial charge in [-0.1, -0.05) is 42.5 Å². The smallest absolute Gasteiger partial charge is 0.308 e. The van der Waals surface area contributed by atoms with Gasteiger partial charge < -0.3 is 9.84 Å². The first-order chi connectivity index (χ1) is 12.2. The van der Waals surface area contributed by atoms with Crippen LogP contribution in [0.5, 0.6) is 5.75 Å². The number of hydrogen-bond donors (Lipinski definition) is 1. The summed E-state index contributed by atoms with van der Waals surface area (Å²) in [5, 5.41) is 9.71. The molecule has 2 aromatic carbocycles. The zero-order valence-electron chi connectivity index (χ0n) is 14.6. The molecule has 1 N–H and O–H groups in total. The Bertz CT molecular complexity index is 684. The number of likely N-dealkylation sites (tertiary alicyclic amines) is 1. The first-order valence-corrected chi connectivity index (χ1v) is 8.81. The van der Waals surface area contributed by atoms with Crippen LogP contribution in [0.3, 0.4) is 0 Å². The summed E-state index contributed by atoms with van der Waals surface area (Å²) in [6.45, 7) is 1.74. The van der Waals surface area contributed by atoms with Crippen LogP contribution in [-0.2, 0) is 17.8 Å². The zero-order chi connectivity index (χ0) is 17.6. The van der Waals surface area contributed by atoms with Gasteiger partial charge in [-0.05, 0) is 49.1 Å². The van der Waals surface area contributed by atoms with E-state index in [1.807, 2.05) is 42.5 Å². The summed E-state index contributed by atoms with van der Waals surface area (Å²) in [5.41, 5.74) is 2.38. The van der Waals surface area contributed by atoms with Gasteiger partial charge in [-0.25, -0.2) is 0 Å². The highest BCUT2D eigenvalue weighted by atomic mass is 16.5. The van der Waals surface area contributed by atoms with Gasteiger partial charge in [-0.2, -0.15) is 0 Å². The van der Waals surface area contributed by atoms with E-state index in [0.29, 0.717) is 0 Å². The number of carbonyl (C=O) groups is 1. The van der Waals surface area contributed by atoms with E-state index in [9.17, 15) is 9.90 Å². The molecule has 1 fully saturated rings. The highest BCUT2D eigenvalue weighted by Gasteiger charge is 2.35. The quantitative estimate of drug-likeness (QED) is 0.873. The molecule has 1 saturated heterocycles. The topological polar surface area (TPSA) is 49.8 Å². The first-order valence-electron chi connectivity index (χ1n) is 8.81. The lowest BCUT2D eigenvalue weighted by Gasteiger charge is -2.40. The number of ether oxygens (including phenoxy) is 1. The predicted molar refractivity (Wildman–Crippen MR) is 97.7 cm³/mol. The van der Waals surface area contributed by atoms with Gasteiger partial charge in [-0.15, -0.1) is 0 Å². The molecule has 1 aliphatic rings. The summed E-state index contributed by atoms with van der Waals surface area (Å²) in [7, 11) is 1.65. The van der Waals surface area contributed by atoms with Crippen LogP contribution in [0.2, 0.25) is 0 Å². The molecule has 0 radical (unpaired) electrons. The molecule has 0 bridgehead atoms. The Labute approximate surface area is 149 Å². The molecule has 2 atom stereocenters. The molecule has 1 heterocycles. The number of aliphatic carboxylic acids is 1. The second-order valence-electron chi connectivity index (χ2n) is 6.66. The standard InChI is InChI=1S/C21H25NO3/c1-25-18-11-9-16(10-12-18)14-20-19(21(23)24)8-5-13-22(20)15-17-6-3-2-4-7-17/h2-4,6-7,9-12,19-20H,5,8,13-15H2,1H3,(H,23,24). The van der Waals surface area contributed by atoms with Gasteiger partial charge in [0.25, 0.3) is 0 Å². The Morgan fingerprint density at radius 1 is 1.12 bits per heavy atom. The normalized spacial score (nSPS) is 21.0. The van der Waals surface area contributed by atoms with E-state index < -0.39 is 5.97 Å². The molecule has 3 rings (SSSR count). The number of nitrogens with zero attached hydrogens (tertiary/aromatic N) is 1. The highest BCUT2D eigenvalue weighted by molar-refractivity contribution is 5.71. The maximum absolute atomic E-state index is 11.8.